The van der Waals surface area contributed by atoms with E-state index >= 15 is 0 Å². The van der Waals surface area contributed by atoms with Gasteiger partial charge in [-0.3, -0.25) is 4.98 Å². The van der Waals surface area contributed by atoms with Crippen molar-refractivity contribution >= 4 is 60.7 Å². The van der Waals surface area contributed by atoms with Crippen molar-refractivity contribution in [3.8, 4) is 22.3 Å². The van der Waals surface area contributed by atoms with Crippen LogP contribution < -0.4 is 4.90 Å². The standard InChI is InChI=1S/C43H28N2O/c1-3-8-33-26-35(13-11-29(33)6-1)31-15-19-37(20-16-31)45(39-23-24-40-42(28-39)46-41-10-5-25-44-43(40)41)38-21-17-32(18-22-38)36-14-12-30-7-2-4-9-34(30)27-36/h1-28H. The molecule has 0 saturated carbocycles. The predicted molar refractivity (Wildman–Crippen MR) is 192 cm³/mol. The van der Waals surface area contributed by atoms with Gasteiger partial charge in [-0.15, -0.1) is 0 Å². The first kappa shape index (κ1) is 26.2. The molecule has 216 valence electrons. The molecule has 0 saturated heterocycles. The number of aromatic nitrogens is 1. The Hall–Kier alpha value is -6.19. The third-order valence-electron chi connectivity index (χ3n) is 8.89. The van der Waals surface area contributed by atoms with Crippen molar-refractivity contribution in [3.63, 3.8) is 0 Å². The van der Waals surface area contributed by atoms with Gasteiger partial charge in [-0.05, 0) is 104 Å². The van der Waals surface area contributed by atoms with Gasteiger partial charge in [0.1, 0.15) is 11.1 Å². The molecule has 0 aliphatic heterocycles. The third-order valence-corrected chi connectivity index (χ3v) is 8.89. The molecule has 7 aromatic carbocycles. The molecule has 2 aromatic heterocycles. The Morgan fingerprint density at radius 3 is 1.50 bits per heavy atom. The fraction of sp³-hybridized carbons (Fsp3) is 0. The fourth-order valence-electron chi connectivity index (χ4n) is 6.51. The zero-order valence-electron chi connectivity index (χ0n) is 25.0. The summed E-state index contributed by atoms with van der Waals surface area (Å²) in [5, 5.41) is 5.99. The zero-order valence-corrected chi connectivity index (χ0v) is 25.0. The predicted octanol–water partition coefficient (Wildman–Crippen LogP) is 12.1. The zero-order chi connectivity index (χ0) is 30.5. The van der Waals surface area contributed by atoms with Gasteiger partial charge >= 0.3 is 0 Å². The summed E-state index contributed by atoms with van der Waals surface area (Å²) in [6, 6.07) is 58.2. The summed E-state index contributed by atoms with van der Waals surface area (Å²) in [5.74, 6) is 0. The summed E-state index contributed by atoms with van der Waals surface area (Å²) in [6.07, 6.45) is 1.81. The molecule has 0 N–H and O–H groups in total. The molecular weight excluding hydrogens is 560 g/mol. The average Bonchev–Trinajstić information content (AvgIpc) is 3.50. The highest BCUT2D eigenvalue weighted by Gasteiger charge is 2.16. The van der Waals surface area contributed by atoms with Crippen molar-refractivity contribution in [2.75, 3.05) is 4.90 Å². The van der Waals surface area contributed by atoms with E-state index in [9.17, 15) is 0 Å². The Kier molecular flexibility index (Phi) is 6.14. The highest BCUT2D eigenvalue weighted by atomic mass is 16.3. The Morgan fingerprint density at radius 2 is 0.913 bits per heavy atom. The number of nitrogens with zero attached hydrogens (tertiary/aromatic N) is 2. The van der Waals surface area contributed by atoms with Crippen molar-refractivity contribution in [2.45, 2.75) is 0 Å². The lowest BCUT2D eigenvalue weighted by Crippen LogP contribution is -2.09. The minimum absolute atomic E-state index is 0.792. The largest absolute Gasteiger partial charge is 0.454 e. The van der Waals surface area contributed by atoms with E-state index in [1.54, 1.807) is 0 Å². The van der Waals surface area contributed by atoms with Crippen LogP contribution >= 0.6 is 0 Å². The van der Waals surface area contributed by atoms with E-state index in [-0.39, 0.29) is 0 Å². The SMILES string of the molecule is c1ccc2cc(-c3ccc(N(c4ccc(-c5ccc6ccccc6c5)cc4)c4ccc5c(c4)oc4cccnc45)cc3)ccc2c1. The van der Waals surface area contributed by atoms with E-state index < -0.39 is 0 Å². The molecule has 3 nitrogen and oxygen atoms in total. The monoisotopic (exact) mass is 588 g/mol. The quantitative estimate of drug-likeness (QED) is 0.200. The average molecular weight is 589 g/mol. The lowest BCUT2D eigenvalue weighted by Gasteiger charge is -2.26. The molecule has 9 rings (SSSR count). The molecule has 0 bridgehead atoms. The summed E-state index contributed by atoms with van der Waals surface area (Å²) < 4.78 is 6.25. The molecule has 0 aliphatic carbocycles. The van der Waals surface area contributed by atoms with E-state index in [1.165, 1.54) is 43.8 Å². The molecule has 0 fully saturated rings. The lowest BCUT2D eigenvalue weighted by molar-refractivity contribution is 0.668. The second kappa shape index (κ2) is 10.8. The number of hydrogen-bond donors (Lipinski definition) is 0. The van der Waals surface area contributed by atoms with Crippen LogP contribution in [0.25, 0.3) is 65.9 Å². The van der Waals surface area contributed by atoms with Crippen LogP contribution in [-0.2, 0) is 0 Å². The Morgan fingerprint density at radius 1 is 0.391 bits per heavy atom. The van der Waals surface area contributed by atoms with E-state index in [1.807, 2.05) is 18.3 Å². The molecule has 0 spiro atoms. The number of furan rings is 1. The van der Waals surface area contributed by atoms with E-state index in [2.05, 4.69) is 162 Å². The van der Waals surface area contributed by atoms with E-state index in [0.29, 0.717) is 0 Å². The van der Waals surface area contributed by atoms with Crippen molar-refractivity contribution in [1.82, 2.24) is 4.98 Å². The first-order chi connectivity index (χ1) is 22.8. The summed E-state index contributed by atoms with van der Waals surface area (Å²) >= 11 is 0. The Balaban J connectivity index is 1.13. The second-order valence-electron chi connectivity index (χ2n) is 11.7. The van der Waals surface area contributed by atoms with Crippen LogP contribution in [0.15, 0.2) is 174 Å². The van der Waals surface area contributed by atoms with Gasteiger partial charge in [0.05, 0.1) is 0 Å². The van der Waals surface area contributed by atoms with Gasteiger partial charge in [-0.1, -0.05) is 97.1 Å². The Labute approximate surface area is 266 Å². The number of hydrogen-bond acceptors (Lipinski definition) is 3. The molecule has 0 unspecified atom stereocenters. The summed E-state index contributed by atoms with van der Waals surface area (Å²) in [6.45, 7) is 0. The molecule has 0 atom stereocenters. The van der Waals surface area contributed by atoms with Crippen LogP contribution in [0.4, 0.5) is 17.1 Å². The van der Waals surface area contributed by atoms with Crippen LogP contribution in [0.2, 0.25) is 0 Å². The summed E-state index contributed by atoms with van der Waals surface area (Å²) in [5.41, 5.74) is 10.4. The first-order valence-corrected chi connectivity index (χ1v) is 15.5. The van der Waals surface area contributed by atoms with E-state index in [4.69, 9.17) is 4.42 Å². The number of benzene rings is 7. The number of pyridine rings is 1. The molecule has 46 heavy (non-hydrogen) atoms. The maximum absolute atomic E-state index is 6.25. The molecule has 9 aromatic rings. The van der Waals surface area contributed by atoms with Crippen LogP contribution in [0, 0.1) is 0 Å². The van der Waals surface area contributed by atoms with Crippen LogP contribution in [-0.4, -0.2) is 4.98 Å². The minimum atomic E-state index is 0.792. The highest BCUT2D eigenvalue weighted by molar-refractivity contribution is 6.03. The van der Waals surface area contributed by atoms with Crippen molar-refractivity contribution in [2.24, 2.45) is 0 Å². The second-order valence-corrected chi connectivity index (χ2v) is 11.7. The van der Waals surface area contributed by atoms with Gasteiger partial charge in [-0.2, -0.15) is 0 Å². The normalized spacial score (nSPS) is 11.5. The maximum Gasteiger partial charge on any atom is 0.153 e. The van der Waals surface area contributed by atoms with Crippen molar-refractivity contribution in [1.29, 1.82) is 0 Å². The van der Waals surface area contributed by atoms with Crippen molar-refractivity contribution in [3.05, 3.63) is 170 Å². The summed E-state index contributed by atoms with van der Waals surface area (Å²) in [4.78, 5) is 6.85. The summed E-state index contributed by atoms with van der Waals surface area (Å²) in [7, 11) is 0. The topological polar surface area (TPSA) is 29.3 Å². The van der Waals surface area contributed by atoms with Crippen LogP contribution in [0.3, 0.4) is 0 Å². The molecule has 0 radical (unpaired) electrons. The van der Waals surface area contributed by atoms with Gasteiger partial charge in [-0.25, -0.2) is 0 Å². The number of anilines is 3. The minimum Gasteiger partial charge on any atom is -0.454 e. The molecule has 3 heteroatoms. The third kappa shape index (κ3) is 4.58. The van der Waals surface area contributed by atoms with Crippen molar-refractivity contribution < 1.29 is 4.42 Å². The molecule has 0 aliphatic rings. The molecule has 0 amide bonds. The first-order valence-electron chi connectivity index (χ1n) is 15.5. The van der Waals surface area contributed by atoms with Gasteiger partial charge < -0.3 is 9.32 Å². The molecular formula is C43H28N2O. The smallest absolute Gasteiger partial charge is 0.153 e. The maximum atomic E-state index is 6.25. The number of fused-ring (bicyclic) bond motifs is 5. The highest BCUT2D eigenvalue weighted by Crippen LogP contribution is 2.39. The van der Waals surface area contributed by atoms with Gasteiger partial charge in [0.2, 0.25) is 0 Å². The van der Waals surface area contributed by atoms with Gasteiger partial charge in [0.15, 0.2) is 5.58 Å². The lowest BCUT2D eigenvalue weighted by atomic mass is 10.00. The van der Waals surface area contributed by atoms with Crippen LogP contribution in [0.5, 0.6) is 0 Å². The fourth-order valence-corrected chi connectivity index (χ4v) is 6.51. The van der Waals surface area contributed by atoms with E-state index in [0.717, 1.165) is 39.1 Å². The Bertz CT molecular complexity index is 2410. The number of rotatable bonds is 5. The molecule has 2 heterocycles. The van der Waals surface area contributed by atoms with Crippen LogP contribution in [0.1, 0.15) is 0 Å². The van der Waals surface area contributed by atoms with Gasteiger partial charge in [0.25, 0.3) is 0 Å². The van der Waals surface area contributed by atoms with Gasteiger partial charge in [0, 0.05) is 34.7 Å².